The number of aromatic nitrogens is 1. The lowest BCUT2D eigenvalue weighted by molar-refractivity contribution is -0.0613. The van der Waals surface area contributed by atoms with Crippen molar-refractivity contribution in [1.82, 2.24) is 4.98 Å². The smallest absolute Gasteiger partial charge is 0.141 e. The third-order valence-electron chi connectivity index (χ3n) is 4.46. The number of hydrogen-bond acceptors (Lipinski definition) is 3. The number of hydrogen-bond donors (Lipinski definition) is 1. The van der Waals surface area contributed by atoms with Crippen LogP contribution in [0.4, 0.5) is 10.2 Å². The summed E-state index contributed by atoms with van der Waals surface area (Å²) in [5.41, 5.74) is -0.464. The average Bonchev–Trinajstić information content (AvgIpc) is 2.39. The summed E-state index contributed by atoms with van der Waals surface area (Å²) in [6, 6.07) is 3.17. The summed E-state index contributed by atoms with van der Waals surface area (Å²) in [7, 11) is 0. The minimum atomic E-state index is -0.464. The number of fused-ring (bicyclic) bond motifs is 1. The third kappa shape index (κ3) is 2.09. The van der Waals surface area contributed by atoms with Gasteiger partial charge in [-0.05, 0) is 31.4 Å². The van der Waals surface area contributed by atoms with Crippen molar-refractivity contribution in [3.63, 3.8) is 0 Å². The molecular formula is C14H19FN2O. The molecule has 4 heteroatoms. The molecule has 3 rings (SSSR count). The molecule has 1 aliphatic heterocycles. The Morgan fingerprint density at radius 3 is 3.00 bits per heavy atom. The van der Waals surface area contributed by atoms with Gasteiger partial charge in [0.15, 0.2) is 0 Å². The summed E-state index contributed by atoms with van der Waals surface area (Å²) in [6.07, 6.45) is 6.43. The largest absolute Gasteiger partial charge is 0.389 e. The number of rotatable bonds is 1. The van der Waals surface area contributed by atoms with Crippen molar-refractivity contribution in [3.8, 4) is 0 Å². The van der Waals surface area contributed by atoms with Gasteiger partial charge >= 0.3 is 0 Å². The highest BCUT2D eigenvalue weighted by atomic mass is 19.1. The van der Waals surface area contributed by atoms with Gasteiger partial charge in [-0.15, -0.1) is 0 Å². The van der Waals surface area contributed by atoms with E-state index < -0.39 is 5.60 Å². The molecule has 1 aromatic heterocycles. The Balaban J connectivity index is 1.75. The molecule has 2 fully saturated rings. The molecule has 3 nitrogen and oxygen atoms in total. The number of aliphatic hydroxyl groups is 1. The van der Waals surface area contributed by atoms with Gasteiger partial charge in [0.1, 0.15) is 11.6 Å². The molecule has 1 N–H and O–H groups in total. The van der Waals surface area contributed by atoms with Gasteiger partial charge < -0.3 is 10.0 Å². The molecule has 0 radical (unpaired) electrons. The van der Waals surface area contributed by atoms with Gasteiger partial charge in [0, 0.05) is 19.0 Å². The van der Waals surface area contributed by atoms with Gasteiger partial charge in [-0.3, -0.25) is 0 Å². The Bertz CT molecular complexity index is 422. The second-order valence-corrected chi connectivity index (χ2v) is 5.58. The van der Waals surface area contributed by atoms with E-state index in [0.717, 1.165) is 44.6 Å². The molecule has 2 aliphatic rings. The quantitative estimate of drug-likeness (QED) is 0.831. The fraction of sp³-hybridized carbons (Fsp3) is 0.643. The highest BCUT2D eigenvalue weighted by Gasteiger charge is 2.42. The first-order chi connectivity index (χ1) is 8.67. The van der Waals surface area contributed by atoms with Crippen LogP contribution >= 0.6 is 0 Å². The van der Waals surface area contributed by atoms with Crippen LogP contribution in [0.5, 0.6) is 0 Å². The lowest BCUT2D eigenvalue weighted by Crippen LogP contribution is -2.53. The van der Waals surface area contributed by atoms with E-state index in [2.05, 4.69) is 9.88 Å². The van der Waals surface area contributed by atoms with Gasteiger partial charge in [0.25, 0.3) is 0 Å². The fourth-order valence-corrected chi connectivity index (χ4v) is 3.33. The Hall–Kier alpha value is -1.16. The molecule has 2 unspecified atom stereocenters. The van der Waals surface area contributed by atoms with Crippen LogP contribution in [-0.4, -0.2) is 28.8 Å². The van der Waals surface area contributed by atoms with Crippen LogP contribution in [0.15, 0.2) is 18.3 Å². The molecule has 0 aromatic carbocycles. The molecule has 2 heterocycles. The lowest BCUT2D eigenvalue weighted by Gasteiger charge is -2.47. The molecule has 2 atom stereocenters. The normalized spacial score (nSPS) is 32.1. The Morgan fingerprint density at radius 1 is 1.33 bits per heavy atom. The van der Waals surface area contributed by atoms with Crippen molar-refractivity contribution in [2.24, 2.45) is 5.92 Å². The van der Waals surface area contributed by atoms with Gasteiger partial charge in [-0.2, -0.15) is 0 Å². The molecule has 0 amide bonds. The van der Waals surface area contributed by atoms with Crippen LogP contribution in [0.1, 0.15) is 32.1 Å². The minimum absolute atomic E-state index is 0.301. The van der Waals surface area contributed by atoms with Crippen LogP contribution in [0.25, 0.3) is 0 Å². The molecular weight excluding hydrogens is 231 g/mol. The molecule has 18 heavy (non-hydrogen) atoms. The second kappa shape index (κ2) is 4.50. The number of nitrogens with zero attached hydrogens (tertiary/aromatic N) is 2. The van der Waals surface area contributed by atoms with Crippen molar-refractivity contribution < 1.29 is 9.50 Å². The van der Waals surface area contributed by atoms with Crippen LogP contribution in [0, 0.1) is 11.7 Å². The van der Waals surface area contributed by atoms with Gasteiger partial charge in [0.2, 0.25) is 0 Å². The summed E-state index contributed by atoms with van der Waals surface area (Å²) in [5, 5.41) is 10.6. The standard InChI is InChI=1S/C14H19FN2O/c15-12-4-5-13(16-9-12)17-8-7-14(18)6-2-1-3-11(14)10-17/h4-5,9,11,18H,1-3,6-8,10H2. The maximum absolute atomic E-state index is 12.9. The summed E-state index contributed by atoms with van der Waals surface area (Å²) in [6.45, 7) is 1.65. The predicted molar refractivity (Wildman–Crippen MR) is 67.9 cm³/mol. The van der Waals surface area contributed by atoms with Crippen molar-refractivity contribution in [2.75, 3.05) is 18.0 Å². The zero-order valence-corrected chi connectivity index (χ0v) is 10.5. The summed E-state index contributed by atoms with van der Waals surface area (Å²) >= 11 is 0. The zero-order valence-electron chi connectivity index (χ0n) is 10.5. The maximum atomic E-state index is 12.9. The zero-order chi connectivity index (χ0) is 12.6. The Morgan fingerprint density at radius 2 is 2.22 bits per heavy atom. The number of halogens is 1. The van der Waals surface area contributed by atoms with E-state index in [4.69, 9.17) is 0 Å². The van der Waals surface area contributed by atoms with E-state index in [1.807, 2.05) is 0 Å². The van der Waals surface area contributed by atoms with E-state index in [0.29, 0.717) is 5.92 Å². The first-order valence-corrected chi connectivity index (χ1v) is 6.76. The van der Waals surface area contributed by atoms with Crippen molar-refractivity contribution in [2.45, 2.75) is 37.7 Å². The van der Waals surface area contributed by atoms with Crippen molar-refractivity contribution >= 4 is 5.82 Å². The van der Waals surface area contributed by atoms with E-state index in [1.165, 1.54) is 18.7 Å². The lowest BCUT2D eigenvalue weighted by atomic mass is 9.71. The van der Waals surface area contributed by atoms with Crippen molar-refractivity contribution in [3.05, 3.63) is 24.1 Å². The summed E-state index contributed by atoms with van der Waals surface area (Å²) in [5.74, 6) is 0.862. The van der Waals surface area contributed by atoms with E-state index in [-0.39, 0.29) is 5.82 Å². The van der Waals surface area contributed by atoms with Crippen LogP contribution in [-0.2, 0) is 0 Å². The minimum Gasteiger partial charge on any atom is -0.389 e. The SMILES string of the molecule is OC12CCCCC1CN(c1ccc(F)cn1)CC2. The molecule has 98 valence electrons. The highest BCUT2D eigenvalue weighted by Crippen LogP contribution is 2.40. The first kappa shape index (κ1) is 11.9. The topological polar surface area (TPSA) is 36.4 Å². The van der Waals surface area contributed by atoms with Crippen molar-refractivity contribution in [1.29, 1.82) is 0 Å². The van der Waals surface area contributed by atoms with E-state index >= 15 is 0 Å². The number of pyridine rings is 1. The van der Waals surface area contributed by atoms with Crippen LogP contribution < -0.4 is 4.90 Å². The summed E-state index contributed by atoms with van der Waals surface area (Å²) in [4.78, 5) is 6.30. The third-order valence-corrected chi connectivity index (χ3v) is 4.46. The molecule has 1 aromatic rings. The van der Waals surface area contributed by atoms with E-state index in [9.17, 15) is 9.50 Å². The maximum Gasteiger partial charge on any atom is 0.141 e. The molecule has 1 saturated heterocycles. The average molecular weight is 250 g/mol. The molecule has 1 saturated carbocycles. The molecule has 0 bridgehead atoms. The van der Waals surface area contributed by atoms with Crippen LogP contribution in [0.3, 0.4) is 0 Å². The number of piperidine rings is 1. The Kier molecular flexibility index (Phi) is 2.98. The Labute approximate surface area is 107 Å². The predicted octanol–water partition coefficient (Wildman–Crippen LogP) is 2.35. The number of anilines is 1. The van der Waals surface area contributed by atoms with Gasteiger partial charge in [0.05, 0.1) is 11.8 Å². The van der Waals surface area contributed by atoms with Gasteiger partial charge in [-0.25, -0.2) is 9.37 Å². The highest BCUT2D eigenvalue weighted by molar-refractivity contribution is 5.39. The van der Waals surface area contributed by atoms with Gasteiger partial charge in [-0.1, -0.05) is 12.8 Å². The van der Waals surface area contributed by atoms with E-state index in [1.54, 1.807) is 6.07 Å². The monoisotopic (exact) mass is 250 g/mol. The fourth-order valence-electron chi connectivity index (χ4n) is 3.33. The summed E-state index contributed by atoms with van der Waals surface area (Å²) < 4.78 is 12.9. The first-order valence-electron chi connectivity index (χ1n) is 6.76. The van der Waals surface area contributed by atoms with Crippen LogP contribution in [0.2, 0.25) is 0 Å². The molecule has 1 aliphatic carbocycles. The molecule has 0 spiro atoms. The second-order valence-electron chi connectivity index (χ2n) is 5.58.